The molecule has 14 heavy (non-hydrogen) atoms. The van der Waals surface area contributed by atoms with E-state index in [1.165, 1.54) is 18.4 Å². The van der Waals surface area contributed by atoms with Crippen LogP contribution in [0.25, 0.3) is 0 Å². The van der Waals surface area contributed by atoms with E-state index in [0.717, 1.165) is 6.61 Å². The quantitative estimate of drug-likeness (QED) is 0.692. The second-order valence-electron chi connectivity index (χ2n) is 3.55. The van der Waals surface area contributed by atoms with E-state index in [0.29, 0.717) is 12.5 Å². The molecule has 0 atom stereocenters. The van der Waals surface area contributed by atoms with Crippen molar-refractivity contribution in [2.45, 2.75) is 33.3 Å². The van der Waals surface area contributed by atoms with Gasteiger partial charge in [0.2, 0.25) is 0 Å². The van der Waals surface area contributed by atoms with E-state index in [2.05, 4.69) is 18.8 Å². The summed E-state index contributed by atoms with van der Waals surface area (Å²) in [6.45, 7) is 6.00. The molecule has 2 nitrogen and oxygen atoms in total. The van der Waals surface area contributed by atoms with E-state index in [9.17, 15) is 0 Å². The van der Waals surface area contributed by atoms with Gasteiger partial charge < -0.3 is 4.74 Å². The summed E-state index contributed by atoms with van der Waals surface area (Å²) in [7, 11) is 0. The van der Waals surface area contributed by atoms with Gasteiger partial charge in [-0.3, -0.25) is 4.98 Å². The molecule has 0 aromatic carbocycles. The number of hydrogen-bond acceptors (Lipinski definition) is 2. The number of hydrogen-bond donors (Lipinski definition) is 0. The molecule has 1 heterocycles. The third kappa shape index (κ3) is 3.88. The van der Waals surface area contributed by atoms with Crippen LogP contribution >= 0.6 is 0 Å². The lowest BCUT2D eigenvalue weighted by molar-refractivity contribution is 0.0843. The van der Waals surface area contributed by atoms with Gasteiger partial charge in [-0.05, 0) is 23.6 Å². The molecule has 0 amide bonds. The summed E-state index contributed by atoms with van der Waals surface area (Å²) in [6.07, 6.45) is 6.01. The summed E-state index contributed by atoms with van der Waals surface area (Å²) < 4.78 is 5.64. The third-order valence-corrected chi connectivity index (χ3v) is 2.53. The summed E-state index contributed by atoms with van der Waals surface area (Å²) in [4.78, 5) is 3.97. The van der Waals surface area contributed by atoms with Crippen LogP contribution in [0.4, 0.5) is 0 Å². The number of pyridine rings is 1. The Hall–Kier alpha value is -0.890. The lowest BCUT2D eigenvalue weighted by Crippen LogP contribution is -2.07. The van der Waals surface area contributed by atoms with Gasteiger partial charge in [0.25, 0.3) is 0 Å². The minimum atomic E-state index is 0.705. The average Bonchev–Trinajstić information content (AvgIpc) is 2.26. The molecule has 0 bridgehead atoms. The van der Waals surface area contributed by atoms with Gasteiger partial charge in [0.05, 0.1) is 6.61 Å². The molecule has 1 aromatic rings. The standard InChI is InChI=1S/C12H19NO/c1-3-11(4-2)9-14-10-12-5-7-13-8-6-12/h5-8,11H,3-4,9-10H2,1-2H3. The van der Waals surface area contributed by atoms with Crippen LogP contribution in [0.2, 0.25) is 0 Å². The molecule has 0 unspecified atom stereocenters. The van der Waals surface area contributed by atoms with Gasteiger partial charge in [-0.1, -0.05) is 26.7 Å². The van der Waals surface area contributed by atoms with Gasteiger partial charge in [-0.2, -0.15) is 0 Å². The number of aromatic nitrogens is 1. The molecule has 1 rings (SSSR count). The normalized spacial score (nSPS) is 10.8. The van der Waals surface area contributed by atoms with Crippen LogP contribution in [-0.4, -0.2) is 11.6 Å². The Morgan fingerprint density at radius 3 is 2.43 bits per heavy atom. The van der Waals surface area contributed by atoms with Crippen molar-refractivity contribution in [3.05, 3.63) is 30.1 Å². The lowest BCUT2D eigenvalue weighted by atomic mass is 10.1. The fourth-order valence-electron chi connectivity index (χ4n) is 1.35. The molecule has 78 valence electrons. The number of rotatable bonds is 6. The van der Waals surface area contributed by atoms with Crippen molar-refractivity contribution in [1.29, 1.82) is 0 Å². The van der Waals surface area contributed by atoms with E-state index < -0.39 is 0 Å². The second kappa shape index (κ2) is 6.55. The predicted octanol–water partition coefficient (Wildman–Crippen LogP) is 3.03. The van der Waals surface area contributed by atoms with E-state index in [1.807, 2.05) is 12.1 Å². The molecule has 0 aliphatic rings. The molecule has 0 radical (unpaired) electrons. The zero-order valence-corrected chi connectivity index (χ0v) is 9.07. The first-order chi connectivity index (χ1) is 6.86. The first-order valence-corrected chi connectivity index (χ1v) is 5.33. The minimum absolute atomic E-state index is 0.705. The van der Waals surface area contributed by atoms with Crippen LogP contribution in [0, 0.1) is 5.92 Å². The Morgan fingerprint density at radius 2 is 1.86 bits per heavy atom. The summed E-state index contributed by atoms with van der Waals surface area (Å²) in [5.74, 6) is 0.705. The molecule has 1 aromatic heterocycles. The maximum Gasteiger partial charge on any atom is 0.0718 e. The second-order valence-corrected chi connectivity index (χ2v) is 3.55. The zero-order valence-electron chi connectivity index (χ0n) is 9.07. The first-order valence-electron chi connectivity index (χ1n) is 5.33. The highest BCUT2D eigenvalue weighted by Crippen LogP contribution is 2.09. The van der Waals surface area contributed by atoms with Crippen LogP contribution in [0.1, 0.15) is 32.3 Å². The van der Waals surface area contributed by atoms with Crippen molar-refractivity contribution >= 4 is 0 Å². The van der Waals surface area contributed by atoms with Crippen LogP contribution in [-0.2, 0) is 11.3 Å². The average molecular weight is 193 g/mol. The van der Waals surface area contributed by atoms with Crippen LogP contribution in [0.5, 0.6) is 0 Å². The van der Waals surface area contributed by atoms with E-state index in [-0.39, 0.29) is 0 Å². The van der Waals surface area contributed by atoms with Crippen LogP contribution in [0.15, 0.2) is 24.5 Å². The van der Waals surface area contributed by atoms with Crippen LogP contribution in [0.3, 0.4) is 0 Å². The Kier molecular flexibility index (Phi) is 5.23. The maximum atomic E-state index is 5.64. The third-order valence-electron chi connectivity index (χ3n) is 2.53. The van der Waals surface area contributed by atoms with Gasteiger partial charge in [0, 0.05) is 19.0 Å². The fourth-order valence-corrected chi connectivity index (χ4v) is 1.35. The summed E-state index contributed by atoms with van der Waals surface area (Å²) in [5.41, 5.74) is 1.20. The molecule has 0 fully saturated rings. The van der Waals surface area contributed by atoms with Gasteiger partial charge in [-0.15, -0.1) is 0 Å². The van der Waals surface area contributed by atoms with Gasteiger partial charge >= 0.3 is 0 Å². The van der Waals surface area contributed by atoms with E-state index >= 15 is 0 Å². The van der Waals surface area contributed by atoms with Crippen molar-refractivity contribution in [2.24, 2.45) is 5.92 Å². The maximum absolute atomic E-state index is 5.64. The topological polar surface area (TPSA) is 22.1 Å². The highest BCUT2D eigenvalue weighted by atomic mass is 16.5. The first kappa shape index (κ1) is 11.2. The molecule has 0 saturated carbocycles. The number of nitrogens with zero attached hydrogens (tertiary/aromatic N) is 1. The SMILES string of the molecule is CCC(CC)COCc1ccncc1. The van der Waals surface area contributed by atoms with Gasteiger partial charge in [0.15, 0.2) is 0 Å². The molecular weight excluding hydrogens is 174 g/mol. The van der Waals surface area contributed by atoms with E-state index in [1.54, 1.807) is 12.4 Å². The number of ether oxygens (including phenoxy) is 1. The molecule has 0 aliphatic heterocycles. The van der Waals surface area contributed by atoms with Crippen molar-refractivity contribution in [3.63, 3.8) is 0 Å². The molecule has 0 spiro atoms. The van der Waals surface area contributed by atoms with Gasteiger partial charge in [-0.25, -0.2) is 0 Å². The molecule has 0 saturated heterocycles. The predicted molar refractivity (Wildman–Crippen MR) is 58.0 cm³/mol. The zero-order chi connectivity index (χ0) is 10.2. The Morgan fingerprint density at radius 1 is 1.21 bits per heavy atom. The largest absolute Gasteiger partial charge is 0.376 e. The fraction of sp³-hybridized carbons (Fsp3) is 0.583. The van der Waals surface area contributed by atoms with Gasteiger partial charge in [0.1, 0.15) is 0 Å². The van der Waals surface area contributed by atoms with Crippen molar-refractivity contribution < 1.29 is 4.74 Å². The molecular formula is C12H19NO. The molecule has 0 N–H and O–H groups in total. The monoisotopic (exact) mass is 193 g/mol. The summed E-state index contributed by atoms with van der Waals surface area (Å²) >= 11 is 0. The summed E-state index contributed by atoms with van der Waals surface area (Å²) in [6, 6.07) is 3.99. The Bertz CT molecular complexity index is 231. The minimum Gasteiger partial charge on any atom is -0.376 e. The smallest absolute Gasteiger partial charge is 0.0718 e. The Labute approximate surface area is 86.3 Å². The summed E-state index contributed by atoms with van der Waals surface area (Å²) in [5, 5.41) is 0. The highest BCUT2D eigenvalue weighted by Gasteiger charge is 2.02. The molecule has 2 heteroatoms. The van der Waals surface area contributed by atoms with Crippen molar-refractivity contribution in [2.75, 3.05) is 6.61 Å². The van der Waals surface area contributed by atoms with Crippen molar-refractivity contribution in [3.8, 4) is 0 Å². The highest BCUT2D eigenvalue weighted by molar-refractivity contribution is 5.07. The lowest BCUT2D eigenvalue weighted by Gasteiger charge is -2.12. The van der Waals surface area contributed by atoms with Crippen LogP contribution < -0.4 is 0 Å². The van der Waals surface area contributed by atoms with E-state index in [4.69, 9.17) is 4.74 Å². The van der Waals surface area contributed by atoms with Crippen molar-refractivity contribution in [1.82, 2.24) is 4.98 Å². The Balaban J connectivity index is 2.21. The molecule has 0 aliphatic carbocycles.